The Balaban J connectivity index is 2.34. The van der Waals surface area contributed by atoms with Gasteiger partial charge in [-0.2, -0.15) is 5.10 Å². The molecule has 1 aromatic heterocycles. The average Bonchev–Trinajstić information content (AvgIpc) is 2.56. The number of nitrogens with zero attached hydrogens (tertiary/aromatic N) is 2. The first-order chi connectivity index (χ1) is 6.27. The van der Waals surface area contributed by atoms with E-state index in [0.29, 0.717) is 6.61 Å². The van der Waals surface area contributed by atoms with Crippen LogP contribution in [0, 0.1) is 6.92 Å². The molecule has 13 heavy (non-hydrogen) atoms. The van der Waals surface area contributed by atoms with Crippen LogP contribution in [0.15, 0.2) is 17.1 Å². The van der Waals surface area contributed by atoms with Gasteiger partial charge in [0.1, 0.15) is 0 Å². The first-order valence-corrected chi connectivity index (χ1v) is 4.40. The van der Waals surface area contributed by atoms with Crippen molar-refractivity contribution in [1.29, 1.82) is 0 Å². The van der Waals surface area contributed by atoms with Gasteiger partial charge in [-0.05, 0) is 18.9 Å². The summed E-state index contributed by atoms with van der Waals surface area (Å²) in [6.07, 6.45) is 2.59. The molecule has 1 aromatic rings. The lowest BCUT2D eigenvalue weighted by Crippen LogP contribution is -2.26. The molecule has 0 amide bonds. The fourth-order valence-electron chi connectivity index (χ4n) is 1.50. The number of aryl methyl sites for hydroxylation is 1. The smallest absolute Gasteiger partial charge is 0.267 e. The van der Waals surface area contributed by atoms with Gasteiger partial charge in [-0.3, -0.25) is 4.79 Å². The Bertz CT molecular complexity index is 353. The summed E-state index contributed by atoms with van der Waals surface area (Å²) in [4.78, 5) is 11.5. The summed E-state index contributed by atoms with van der Waals surface area (Å²) in [5, 5.41) is 4.08. The number of ether oxygens (including phenoxy) is 1. The summed E-state index contributed by atoms with van der Waals surface area (Å²) < 4.78 is 6.71. The van der Waals surface area contributed by atoms with E-state index >= 15 is 0 Å². The average molecular weight is 180 g/mol. The van der Waals surface area contributed by atoms with Crippen molar-refractivity contribution < 1.29 is 4.74 Å². The fraction of sp³-hybridized carbons (Fsp3) is 0.556. The van der Waals surface area contributed by atoms with Crippen LogP contribution in [0.3, 0.4) is 0 Å². The Morgan fingerprint density at radius 1 is 1.69 bits per heavy atom. The van der Waals surface area contributed by atoms with E-state index in [1.807, 2.05) is 6.92 Å². The first kappa shape index (κ1) is 8.44. The molecule has 1 unspecified atom stereocenters. The lowest BCUT2D eigenvalue weighted by Gasteiger charge is -2.09. The van der Waals surface area contributed by atoms with Gasteiger partial charge < -0.3 is 4.74 Å². The van der Waals surface area contributed by atoms with Crippen LogP contribution in [0.1, 0.15) is 18.0 Å². The van der Waals surface area contributed by atoms with Crippen LogP contribution in [0.2, 0.25) is 0 Å². The standard InChI is InChI=1S/C9H12N2O2/c1-7-4-9(12)11(10-5-7)8-2-3-13-6-8/h4-5,8H,2-3,6H2,1H3. The molecule has 0 aliphatic carbocycles. The number of hydrogen-bond donors (Lipinski definition) is 0. The lowest BCUT2D eigenvalue weighted by molar-refractivity contribution is 0.183. The molecule has 1 aliphatic heterocycles. The van der Waals surface area contributed by atoms with Crippen molar-refractivity contribution >= 4 is 0 Å². The summed E-state index contributed by atoms with van der Waals surface area (Å²) in [6, 6.07) is 1.73. The summed E-state index contributed by atoms with van der Waals surface area (Å²) in [6.45, 7) is 3.20. The Morgan fingerprint density at radius 3 is 3.15 bits per heavy atom. The topological polar surface area (TPSA) is 44.1 Å². The predicted molar refractivity (Wildman–Crippen MR) is 47.7 cm³/mol. The van der Waals surface area contributed by atoms with Gasteiger partial charge in [-0.1, -0.05) is 0 Å². The van der Waals surface area contributed by atoms with Gasteiger partial charge >= 0.3 is 0 Å². The van der Waals surface area contributed by atoms with Crippen molar-refractivity contribution in [2.24, 2.45) is 0 Å². The number of rotatable bonds is 1. The fourth-order valence-corrected chi connectivity index (χ4v) is 1.50. The van der Waals surface area contributed by atoms with Crippen molar-refractivity contribution in [2.45, 2.75) is 19.4 Å². The molecule has 0 saturated carbocycles. The van der Waals surface area contributed by atoms with E-state index in [4.69, 9.17) is 4.74 Å². The molecule has 2 heterocycles. The van der Waals surface area contributed by atoms with E-state index in [2.05, 4.69) is 5.10 Å². The van der Waals surface area contributed by atoms with Gasteiger partial charge in [0.05, 0.1) is 18.8 Å². The van der Waals surface area contributed by atoms with Crippen LogP contribution in [-0.2, 0) is 4.74 Å². The molecule has 1 fully saturated rings. The minimum absolute atomic E-state index is 0.0319. The molecule has 0 aromatic carbocycles. The number of hydrogen-bond acceptors (Lipinski definition) is 3. The molecule has 1 saturated heterocycles. The van der Waals surface area contributed by atoms with E-state index < -0.39 is 0 Å². The maximum absolute atomic E-state index is 11.5. The van der Waals surface area contributed by atoms with Gasteiger partial charge in [0.25, 0.3) is 5.56 Å². The molecule has 4 nitrogen and oxygen atoms in total. The SMILES string of the molecule is Cc1cnn(C2CCOC2)c(=O)c1. The second-order valence-electron chi connectivity index (χ2n) is 3.33. The summed E-state index contributed by atoms with van der Waals surface area (Å²) >= 11 is 0. The Labute approximate surface area is 76.1 Å². The van der Waals surface area contributed by atoms with E-state index in [1.54, 1.807) is 12.3 Å². The predicted octanol–water partition coefficient (Wildman–Crippen LogP) is 0.513. The lowest BCUT2D eigenvalue weighted by atomic mass is 10.2. The zero-order chi connectivity index (χ0) is 9.26. The third-order valence-corrected chi connectivity index (χ3v) is 2.21. The second kappa shape index (κ2) is 3.30. The first-order valence-electron chi connectivity index (χ1n) is 4.40. The largest absolute Gasteiger partial charge is 0.379 e. The van der Waals surface area contributed by atoms with Crippen molar-refractivity contribution in [2.75, 3.05) is 13.2 Å². The van der Waals surface area contributed by atoms with Crippen LogP contribution in [0.5, 0.6) is 0 Å². The summed E-state index contributed by atoms with van der Waals surface area (Å²) in [7, 11) is 0. The molecule has 2 rings (SSSR count). The third kappa shape index (κ3) is 1.62. The van der Waals surface area contributed by atoms with Gasteiger partial charge in [-0.25, -0.2) is 4.68 Å². The monoisotopic (exact) mass is 180 g/mol. The summed E-state index contributed by atoms with van der Waals surface area (Å²) in [5.41, 5.74) is 0.871. The molecule has 0 spiro atoms. The second-order valence-corrected chi connectivity index (χ2v) is 3.33. The highest BCUT2D eigenvalue weighted by Gasteiger charge is 2.18. The van der Waals surface area contributed by atoms with Gasteiger partial charge in [0.2, 0.25) is 0 Å². The van der Waals surface area contributed by atoms with Crippen LogP contribution < -0.4 is 5.56 Å². The molecule has 4 heteroatoms. The highest BCUT2D eigenvalue weighted by molar-refractivity contribution is 5.03. The zero-order valence-corrected chi connectivity index (χ0v) is 7.56. The third-order valence-electron chi connectivity index (χ3n) is 2.21. The molecule has 1 aliphatic rings. The van der Waals surface area contributed by atoms with Gasteiger partial charge in [-0.15, -0.1) is 0 Å². The molecule has 70 valence electrons. The number of aromatic nitrogens is 2. The molecule has 0 radical (unpaired) electrons. The highest BCUT2D eigenvalue weighted by atomic mass is 16.5. The normalized spacial score (nSPS) is 22.1. The van der Waals surface area contributed by atoms with Gasteiger partial charge in [0.15, 0.2) is 0 Å². The quantitative estimate of drug-likeness (QED) is 0.632. The molecular weight excluding hydrogens is 168 g/mol. The van der Waals surface area contributed by atoms with Crippen LogP contribution in [0.25, 0.3) is 0 Å². The van der Waals surface area contributed by atoms with Crippen LogP contribution >= 0.6 is 0 Å². The maximum atomic E-state index is 11.5. The van der Waals surface area contributed by atoms with E-state index in [9.17, 15) is 4.79 Å². The van der Waals surface area contributed by atoms with E-state index in [-0.39, 0.29) is 11.6 Å². The minimum atomic E-state index is -0.0319. The summed E-state index contributed by atoms with van der Waals surface area (Å²) in [5.74, 6) is 0. The van der Waals surface area contributed by atoms with Crippen molar-refractivity contribution in [1.82, 2.24) is 9.78 Å². The maximum Gasteiger partial charge on any atom is 0.267 e. The Morgan fingerprint density at radius 2 is 2.54 bits per heavy atom. The van der Waals surface area contributed by atoms with Crippen molar-refractivity contribution in [3.05, 3.63) is 28.2 Å². The molecule has 1 atom stereocenters. The van der Waals surface area contributed by atoms with Crippen molar-refractivity contribution in [3.63, 3.8) is 0 Å². The van der Waals surface area contributed by atoms with Crippen molar-refractivity contribution in [3.8, 4) is 0 Å². The molecule has 0 N–H and O–H groups in total. The van der Waals surface area contributed by atoms with Crippen LogP contribution in [-0.4, -0.2) is 23.0 Å². The van der Waals surface area contributed by atoms with Gasteiger partial charge in [0, 0.05) is 12.7 Å². The van der Waals surface area contributed by atoms with E-state index in [0.717, 1.165) is 18.6 Å². The zero-order valence-electron chi connectivity index (χ0n) is 7.56. The van der Waals surface area contributed by atoms with Crippen LogP contribution in [0.4, 0.5) is 0 Å². The molecular formula is C9H12N2O2. The molecule has 0 bridgehead atoms. The van der Waals surface area contributed by atoms with E-state index in [1.165, 1.54) is 4.68 Å². The highest BCUT2D eigenvalue weighted by Crippen LogP contribution is 2.14. The Kier molecular flexibility index (Phi) is 2.14. The minimum Gasteiger partial charge on any atom is -0.379 e. The Hall–Kier alpha value is -1.16.